The van der Waals surface area contributed by atoms with Gasteiger partial charge in [0.2, 0.25) is 5.91 Å². The molecule has 1 amide bonds. The Kier molecular flexibility index (Phi) is 5.18. The van der Waals surface area contributed by atoms with Gasteiger partial charge in [-0.2, -0.15) is 0 Å². The van der Waals surface area contributed by atoms with Crippen LogP contribution < -0.4 is 5.32 Å². The van der Waals surface area contributed by atoms with Crippen LogP contribution in [0.2, 0.25) is 5.02 Å². The highest BCUT2D eigenvalue weighted by Gasteiger charge is 2.11. The molecule has 0 fully saturated rings. The molecule has 2 aromatic heterocycles. The number of nitrogens with one attached hydrogen (secondary N) is 1. The monoisotopic (exact) mass is 397 g/mol. The van der Waals surface area contributed by atoms with E-state index < -0.39 is 0 Å². The number of thiazole rings is 1. The van der Waals surface area contributed by atoms with Gasteiger partial charge in [0.05, 0.1) is 28.0 Å². The van der Waals surface area contributed by atoms with Crippen LogP contribution in [0.1, 0.15) is 17.3 Å². The summed E-state index contributed by atoms with van der Waals surface area (Å²) in [6, 6.07) is 15.4. The number of benzene rings is 2. The van der Waals surface area contributed by atoms with Gasteiger partial charge in [0.15, 0.2) is 11.7 Å². The van der Waals surface area contributed by atoms with E-state index in [9.17, 15) is 4.79 Å². The summed E-state index contributed by atoms with van der Waals surface area (Å²) in [5.41, 5.74) is 1.75. The second-order valence-electron chi connectivity index (χ2n) is 5.95. The number of carbonyl (C=O) groups is 1. The molecule has 0 aliphatic rings. The second-order valence-corrected chi connectivity index (χ2v) is 7.47. The number of hydrogen-bond acceptors (Lipinski definition) is 5. The molecule has 136 valence electrons. The first-order valence-electron chi connectivity index (χ1n) is 8.50. The largest absolute Gasteiger partial charge is 0.441 e. The predicted octanol–water partition coefficient (Wildman–Crippen LogP) is 4.85. The number of nitrogens with zero attached hydrogens (tertiary/aromatic N) is 2. The number of carbonyl (C=O) groups excluding carboxylic acids is 1. The highest BCUT2D eigenvalue weighted by atomic mass is 35.5. The lowest BCUT2D eigenvalue weighted by atomic mass is 10.2. The summed E-state index contributed by atoms with van der Waals surface area (Å²) < 4.78 is 6.84. The van der Waals surface area contributed by atoms with Crippen LogP contribution in [0, 0.1) is 0 Å². The maximum absolute atomic E-state index is 12.1. The number of rotatable bonds is 6. The van der Waals surface area contributed by atoms with E-state index in [1.54, 1.807) is 23.6 Å². The minimum atomic E-state index is -0.0632. The molecule has 0 saturated carbocycles. The van der Waals surface area contributed by atoms with Crippen LogP contribution >= 0.6 is 22.9 Å². The zero-order valence-electron chi connectivity index (χ0n) is 14.3. The number of para-hydroxylation sites is 1. The molecule has 2 heterocycles. The summed E-state index contributed by atoms with van der Waals surface area (Å²) in [6.07, 6.45) is 2.36. The first-order valence-corrected chi connectivity index (χ1v) is 9.69. The van der Waals surface area contributed by atoms with E-state index in [0.717, 1.165) is 20.8 Å². The molecule has 0 unspecified atom stereocenters. The highest BCUT2D eigenvalue weighted by Crippen LogP contribution is 2.28. The van der Waals surface area contributed by atoms with Gasteiger partial charge in [0, 0.05) is 18.4 Å². The van der Waals surface area contributed by atoms with Crippen LogP contribution in [0.3, 0.4) is 0 Å². The van der Waals surface area contributed by atoms with Gasteiger partial charge in [-0.1, -0.05) is 35.9 Å². The number of aromatic nitrogens is 2. The van der Waals surface area contributed by atoms with Crippen molar-refractivity contribution in [2.24, 2.45) is 0 Å². The highest BCUT2D eigenvalue weighted by molar-refractivity contribution is 7.18. The second kappa shape index (κ2) is 7.90. The Morgan fingerprint density at radius 3 is 2.81 bits per heavy atom. The standard InChI is InChI=1S/C20H16ClN3O2S/c21-14-6-2-1-5-13(14)16-11-23-19(26-16)10-9-18(25)22-12-20-24-15-7-3-4-8-17(15)27-20/h1-8,11H,9-10,12H2,(H,22,25). The molecular weight excluding hydrogens is 382 g/mol. The average molecular weight is 398 g/mol. The van der Waals surface area contributed by atoms with E-state index in [1.807, 2.05) is 42.5 Å². The van der Waals surface area contributed by atoms with Gasteiger partial charge in [0.1, 0.15) is 5.01 Å². The minimum Gasteiger partial charge on any atom is -0.441 e. The predicted molar refractivity (Wildman–Crippen MR) is 107 cm³/mol. The van der Waals surface area contributed by atoms with Crippen molar-refractivity contribution in [1.29, 1.82) is 0 Å². The van der Waals surface area contributed by atoms with Crippen LogP contribution in [0.4, 0.5) is 0 Å². The molecule has 0 bridgehead atoms. The normalized spacial score (nSPS) is 11.0. The molecule has 27 heavy (non-hydrogen) atoms. The Balaban J connectivity index is 1.31. The quantitative estimate of drug-likeness (QED) is 0.504. The van der Waals surface area contributed by atoms with E-state index in [-0.39, 0.29) is 5.91 Å². The lowest BCUT2D eigenvalue weighted by Crippen LogP contribution is -2.22. The van der Waals surface area contributed by atoms with Gasteiger partial charge in [-0.25, -0.2) is 9.97 Å². The molecule has 1 N–H and O–H groups in total. The molecular formula is C20H16ClN3O2S. The summed E-state index contributed by atoms with van der Waals surface area (Å²) in [4.78, 5) is 20.9. The third kappa shape index (κ3) is 4.18. The van der Waals surface area contributed by atoms with Crippen LogP contribution in [-0.2, 0) is 17.8 Å². The molecule has 0 saturated heterocycles. The molecule has 2 aromatic carbocycles. The topological polar surface area (TPSA) is 68.0 Å². The molecule has 0 spiro atoms. The summed E-state index contributed by atoms with van der Waals surface area (Å²) in [5.74, 6) is 1.05. The number of fused-ring (bicyclic) bond motifs is 1. The summed E-state index contributed by atoms with van der Waals surface area (Å²) in [5, 5.41) is 4.39. The van der Waals surface area contributed by atoms with Crippen molar-refractivity contribution in [2.45, 2.75) is 19.4 Å². The summed E-state index contributed by atoms with van der Waals surface area (Å²) in [7, 11) is 0. The lowest BCUT2D eigenvalue weighted by molar-refractivity contribution is -0.121. The Morgan fingerprint density at radius 2 is 1.96 bits per heavy atom. The van der Waals surface area contributed by atoms with E-state index in [1.165, 1.54) is 0 Å². The third-order valence-electron chi connectivity index (χ3n) is 4.03. The molecule has 0 aliphatic carbocycles. The number of aryl methyl sites for hydroxylation is 1. The summed E-state index contributed by atoms with van der Waals surface area (Å²) >= 11 is 7.75. The minimum absolute atomic E-state index is 0.0632. The Hall–Kier alpha value is -2.70. The first kappa shape index (κ1) is 17.7. The van der Waals surface area contributed by atoms with Crippen molar-refractivity contribution in [3.05, 3.63) is 70.6 Å². The number of halogens is 1. The van der Waals surface area contributed by atoms with E-state index in [0.29, 0.717) is 36.1 Å². The van der Waals surface area contributed by atoms with Gasteiger partial charge in [0.25, 0.3) is 0 Å². The van der Waals surface area contributed by atoms with Crippen LogP contribution in [0.25, 0.3) is 21.5 Å². The summed E-state index contributed by atoms with van der Waals surface area (Å²) in [6.45, 7) is 0.425. The molecule has 4 aromatic rings. The van der Waals surface area contributed by atoms with Crippen molar-refractivity contribution in [3.63, 3.8) is 0 Å². The van der Waals surface area contributed by atoms with Gasteiger partial charge in [-0.3, -0.25) is 4.79 Å². The Morgan fingerprint density at radius 1 is 1.15 bits per heavy atom. The molecule has 0 radical (unpaired) electrons. The number of hydrogen-bond donors (Lipinski definition) is 1. The van der Waals surface area contributed by atoms with Crippen molar-refractivity contribution >= 4 is 39.1 Å². The van der Waals surface area contributed by atoms with E-state index in [4.69, 9.17) is 16.0 Å². The Labute approximate surface area is 165 Å². The third-order valence-corrected chi connectivity index (χ3v) is 5.40. The zero-order valence-corrected chi connectivity index (χ0v) is 15.9. The number of amides is 1. The smallest absolute Gasteiger partial charge is 0.220 e. The Bertz CT molecular complexity index is 1060. The fraction of sp³-hybridized carbons (Fsp3) is 0.150. The molecule has 7 heteroatoms. The zero-order chi connectivity index (χ0) is 18.6. The van der Waals surface area contributed by atoms with Crippen LogP contribution in [0.5, 0.6) is 0 Å². The molecule has 5 nitrogen and oxygen atoms in total. The van der Waals surface area contributed by atoms with Crippen molar-refractivity contribution in [3.8, 4) is 11.3 Å². The maximum atomic E-state index is 12.1. The van der Waals surface area contributed by atoms with Gasteiger partial charge >= 0.3 is 0 Å². The van der Waals surface area contributed by atoms with E-state index >= 15 is 0 Å². The van der Waals surface area contributed by atoms with Crippen molar-refractivity contribution in [2.75, 3.05) is 0 Å². The first-order chi connectivity index (χ1) is 13.2. The fourth-order valence-corrected chi connectivity index (χ4v) is 3.83. The van der Waals surface area contributed by atoms with Crippen LogP contribution in [0.15, 0.2) is 59.1 Å². The van der Waals surface area contributed by atoms with Gasteiger partial charge in [-0.05, 0) is 24.3 Å². The average Bonchev–Trinajstić information content (AvgIpc) is 3.31. The molecule has 4 rings (SSSR count). The van der Waals surface area contributed by atoms with E-state index in [2.05, 4.69) is 15.3 Å². The number of oxazole rings is 1. The van der Waals surface area contributed by atoms with Crippen molar-refractivity contribution in [1.82, 2.24) is 15.3 Å². The fourth-order valence-electron chi connectivity index (χ4n) is 2.69. The molecule has 0 aliphatic heterocycles. The van der Waals surface area contributed by atoms with Gasteiger partial charge < -0.3 is 9.73 Å². The molecule has 0 atom stereocenters. The SMILES string of the molecule is O=C(CCc1ncc(-c2ccccc2Cl)o1)NCc1nc2ccccc2s1. The lowest BCUT2D eigenvalue weighted by Gasteiger charge is -2.01. The van der Waals surface area contributed by atoms with Crippen molar-refractivity contribution < 1.29 is 9.21 Å². The van der Waals surface area contributed by atoms with Crippen LogP contribution in [-0.4, -0.2) is 15.9 Å². The maximum Gasteiger partial charge on any atom is 0.220 e. The van der Waals surface area contributed by atoms with Gasteiger partial charge in [-0.15, -0.1) is 11.3 Å².